The second kappa shape index (κ2) is 10.6. The van der Waals surface area contributed by atoms with Crippen molar-refractivity contribution >= 4 is 46.3 Å². The van der Waals surface area contributed by atoms with Gasteiger partial charge in [0, 0.05) is 16.3 Å². The minimum absolute atomic E-state index is 0.0136. The summed E-state index contributed by atoms with van der Waals surface area (Å²) in [6, 6.07) is 11.5. The van der Waals surface area contributed by atoms with E-state index in [2.05, 4.69) is 0 Å². The molecule has 37 heavy (non-hydrogen) atoms. The van der Waals surface area contributed by atoms with E-state index in [1.165, 1.54) is 42.5 Å². The number of aromatic nitrogens is 1. The summed E-state index contributed by atoms with van der Waals surface area (Å²) >= 11 is 0.786. The van der Waals surface area contributed by atoms with E-state index in [4.69, 9.17) is 15.2 Å². The van der Waals surface area contributed by atoms with Crippen molar-refractivity contribution in [3.05, 3.63) is 87.6 Å². The summed E-state index contributed by atoms with van der Waals surface area (Å²) in [6.07, 6.45) is 0.827. The summed E-state index contributed by atoms with van der Waals surface area (Å²) in [5.41, 5.74) is 5.99. The van der Waals surface area contributed by atoms with Crippen molar-refractivity contribution in [2.75, 3.05) is 12.3 Å². The molecule has 2 heterocycles. The van der Waals surface area contributed by atoms with Gasteiger partial charge in [-0.05, 0) is 39.0 Å². The summed E-state index contributed by atoms with van der Waals surface area (Å²) in [5.74, 6) is -3.67. The standard InChI is InChI=1S/C27H24F2N2O5S/c1-4-35-26(33)22-20(30)17(13-15-9-5-7-11-18(15)28)21-24(27(34)36-14(2)3)37-23(25(32)31(21)22)16-10-6-8-12-19(16)29/h5-14,23H,4,30H2,1-3H3/b17-13+/t23-/m0/s1. The van der Waals surface area contributed by atoms with Crippen LogP contribution in [0.1, 0.15) is 52.4 Å². The molecule has 1 atom stereocenters. The third-order valence-electron chi connectivity index (χ3n) is 5.53. The lowest BCUT2D eigenvalue weighted by Crippen LogP contribution is -2.43. The molecule has 192 valence electrons. The fourth-order valence-corrected chi connectivity index (χ4v) is 5.20. The van der Waals surface area contributed by atoms with Crippen molar-refractivity contribution in [3.8, 4) is 0 Å². The van der Waals surface area contributed by atoms with Crippen molar-refractivity contribution in [1.82, 2.24) is 4.57 Å². The van der Waals surface area contributed by atoms with E-state index >= 15 is 0 Å². The maximum Gasteiger partial charge on any atom is 0.357 e. The first-order valence-corrected chi connectivity index (χ1v) is 12.4. The molecule has 0 unspecified atom stereocenters. The number of anilines is 1. The molecule has 1 aliphatic rings. The van der Waals surface area contributed by atoms with Crippen LogP contribution in [0.4, 0.5) is 14.5 Å². The van der Waals surface area contributed by atoms with Gasteiger partial charge in [0.2, 0.25) is 5.91 Å². The molecule has 2 aromatic carbocycles. The number of ether oxygens (including phenoxy) is 2. The number of halogens is 2. The second-order valence-corrected chi connectivity index (χ2v) is 9.50. The number of esters is 2. The van der Waals surface area contributed by atoms with Crippen molar-refractivity contribution in [2.45, 2.75) is 32.1 Å². The van der Waals surface area contributed by atoms with Crippen molar-refractivity contribution < 1.29 is 32.6 Å². The number of nitrogens with two attached hydrogens (primary N) is 1. The smallest absolute Gasteiger partial charge is 0.357 e. The molecule has 0 spiro atoms. The van der Waals surface area contributed by atoms with Crippen LogP contribution in [0.25, 0.3) is 11.0 Å². The summed E-state index contributed by atoms with van der Waals surface area (Å²) in [6.45, 7) is 4.86. The predicted molar refractivity (Wildman–Crippen MR) is 136 cm³/mol. The molecule has 1 aromatic heterocycles. The van der Waals surface area contributed by atoms with Gasteiger partial charge in [-0.1, -0.05) is 48.2 Å². The molecule has 3 aromatic rings. The Kier molecular flexibility index (Phi) is 7.49. The molecule has 0 saturated carbocycles. The lowest BCUT2D eigenvalue weighted by atomic mass is 10.1. The summed E-state index contributed by atoms with van der Waals surface area (Å²) in [5, 5.41) is -1.21. The fraction of sp³-hybridized carbons (Fsp3) is 0.222. The van der Waals surface area contributed by atoms with Crippen LogP contribution in [-0.4, -0.2) is 35.1 Å². The van der Waals surface area contributed by atoms with Crippen LogP contribution in [0, 0.1) is 11.6 Å². The highest BCUT2D eigenvalue weighted by Gasteiger charge is 2.39. The Morgan fingerprint density at radius 3 is 2.35 bits per heavy atom. The molecule has 0 amide bonds. The quantitative estimate of drug-likeness (QED) is 0.491. The van der Waals surface area contributed by atoms with Gasteiger partial charge in [-0.15, -0.1) is 0 Å². The molecular weight excluding hydrogens is 502 g/mol. The Morgan fingerprint density at radius 2 is 1.73 bits per heavy atom. The normalized spacial score (nSPS) is 15.6. The lowest BCUT2D eigenvalue weighted by molar-refractivity contribution is -0.139. The van der Waals surface area contributed by atoms with Crippen LogP contribution in [-0.2, 0) is 14.3 Å². The van der Waals surface area contributed by atoms with Gasteiger partial charge in [0.25, 0.3) is 0 Å². The summed E-state index contributed by atoms with van der Waals surface area (Å²) < 4.78 is 40.9. The van der Waals surface area contributed by atoms with Crippen LogP contribution in [0.3, 0.4) is 0 Å². The molecule has 2 N–H and O–H groups in total. The minimum Gasteiger partial charge on any atom is -0.461 e. The molecule has 7 nitrogen and oxygen atoms in total. The number of rotatable bonds is 6. The highest BCUT2D eigenvalue weighted by atomic mass is 32.2. The fourth-order valence-electron chi connectivity index (χ4n) is 3.98. The maximum atomic E-state index is 14.8. The predicted octanol–water partition coefficient (Wildman–Crippen LogP) is 3.54. The van der Waals surface area contributed by atoms with Gasteiger partial charge in [-0.3, -0.25) is 9.36 Å². The molecule has 1 aliphatic heterocycles. The molecule has 4 rings (SSSR count). The van der Waals surface area contributed by atoms with Crippen LogP contribution in [0.15, 0.2) is 48.5 Å². The number of hydrogen-bond donors (Lipinski definition) is 1. The average Bonchev–Trinajstić information content (AvgIpc) is 3.13. The summed E-state index contributed by atoms with van der Waals surface area (Å²) in [7, 11) is 0. The lowest BCUT2D eigenvalue weighted by Gasteiger charge is -2.24. The van der Waals surface area contributed by atoms with Crippen LogP contribution >= 0.6 is 11.8 Å². The molecule has 0 radical (unpaired) electrons. The highest BCUT2D eigenvalue weighted by molar-refractivity contribution is 8.10. The van der Waals surface area contributed by atoms with Gasteiger partial charge in [-0.25, -0.2) is 18.4 Å². The van der Waals surface area contributed by atoms with E-state index < -0.39 is 40.8 Å². The number of hydrogen-bond acceptors (Lipinski definition) is 7. The molecule has 0 saturated heterocycles. The van der Waals surface area contributed by atoms with Crippen LogP contribution in [0.2, 0.25) is 0 Å². The van der Waals surface area contributed by atoms with Gasteiger partial charge in [0.15, 0.2) is 5.69 Å². The number of benzene rings is 2. The SMILES string of the molecule is CCOC(=O)c1c(N)/c(=C\c2ccccc2F)c2n1C(=O)[C@H](c1ccccc1F)SC=2C(=O)OC(C)C. The van der Waals surface area contributed by atoms with E-state index in [-0.39, 0.29) is 44.6 Å². The number of fused-ring (bicyclic) bond motifs is 1. The van der Waals surface area contributed by atoms with Gasteiger partial charge in [-0.2, -0.15) is 0 Å². The topological polar surface area (TPSA) is 101 Å². The Morgan fingerprint density at radius 1 is 1.08 bits per heavy atom. The van der Waals surface area contributed by atoms with Crippen molar-refractivity contribution in [2.24, 2.45) is 0 Å². The Balaban J connectivity index is 2.14. The maximum absolute atomic E-state index is 14.8. The van der Waals surface area contributed by atoms with E-state index in [0.29, 0.717) is 0 Å². The molecule has 0 fully saturated rings. The second-order valence-electron chi connectivity index (χ2n) is 8.39. The minimum atomic E-state index is -1.23. The van der Waals surface area contributed by atoms with Crippen molar-refractivity contribution in [1.29, 1.82) is 0 Å². The first kappa shape index (κ1) is 26.2. The monoisotopic (exact) mass is 526 g/mol. The molecule has 10 heteroatoms. The number of nitrogens with zero attached hydrogens (tertiary/aromatic N) is 1. The van der Waals surface area contributed by atoms with Crippen LogP contribution < -0.4 is 16.3 Å². The number of carbonyl (C=O) groups excluding carboxylic acids is 3. The third-order valence-corrected chi connectivity index (χ3v) is 6.82. The number of thioether (sulfide) groups is 1. The zero-order valence-electron chi connectivity index (χ0n) is 20.3. The average molecular weight is 527 g/mol. The van der Waals surface area contributed by atoms with Gasteiger partial charge >= 0.3 is 11.9 Å². The van der Waals surface area contributed by atoms with Crippen LogP contribution in [0.5, 0.6) is 0 Å². The third kappa shape index (κ3) is 4.89. The zero-order valence-corrected chi connectivity index (χ0v) is 21.1. The van der Waals surface area contributed by atoms with E-state index in [1.807, 2.05) is 0 Å². The Bertz CT molecular complexity index is 1530. The first-order chi connectivity index (χ1) is 17.6. The first-order valence-electron chi connectivity index (χ1n) is 11.5. The van der Waals surface area contributed by atoms with E-state index in [0.717, 1.165) is 16.3 Å². The Labute approximate surface area is 215 Å². The molecule has 0 aliphatic carbocycles. The largest absolute Gasteiger partial charge is 0.461 e. The number of nitrogen functional groups attached to an aromatic ring is 1. The van der Waals surface area contributed by atoms with E-state index in [1.54, 1.807) is 32.9 Å². The van der Waals surface area contributed by atoms with E-state index in [9.17, 15) is 23.2 Å². The number of carbonyl (C=O) groups is 3. The molecular formula is C27H24F2N2O5S. The zero-order chi connectivity index (χ0) is 26.9. The molecule has 0 bridgehead atoms. The van der Waals surface area contributed by atoms with Gasteiger partial charge in [0.05, 0.1) is 23.7 Å². The van der Waals surface area contributed by atoms with Crippen molar-refractivity contribution in [3.63, 3.8) is 0 Å². The Hall–Kier alpha value is -3.92. The van der Waals surface area contributed by atoms with Gasteiger partial charge < -0.3 is 15.2 Å². The van der Waals surface area contributed by atoms with Gasteiger partial charge in [0.1, 0.15) is 21.8 Å². The summed E-state index contributed by atoms with van der Waals surface area (Å²) in [4.78, 5) is 40.1. The highest BCUT2D eigenvalue weighted by Crippen LogP contribution is 2.40.